The minimum atomic E-state index is -0.553. The van der Waals surface area contributed by atoms with Gasteiger partial charge in [-0.1, -0.05) is 18.2 Å². The lowest BCUT2D eigenvalue weighted by molar-refractivity contribution is 0.0706. The molecule has 0 aliphatic rings. The van der Waals surface area contributed by atoms with E-state index in [1.54, 1.807) is 46.8 Å². The van der Waals surface area contributed by atoms with Gasteiger partial charge >= 0.3 is 0 Å². The summed E-state index contributed by atoms with van der Waals surface area (Å²) in [4.78, 5) is 20.2. The van der Waals surface area contributed by atoms with E-state index in [1.807, 2.05) is 42.5 Å². The first-order valence-corrected chi connectivity index (χ1v) is 8.95. The van der Waals surface area contributed by atoms with Crippen LogP contribution < -0.4 is 10.8 Å². The number of nitrogens with zero attached hydrogens (tertiary/aromatic N) is 4. The normalized spacial score (nSPS) is 10.5. The molecule has 2 aromatic heterocycles. The van der Waals surface area contributed by atoms with Crippen molar-refractivity contribution in [3.8, 4) is 17.1 Å². The molecule has 144 valence electrons. The van der Waals surface area contributed by atoms with Gasteiger partial charge in [-0.05, 0) is 48.5 Å². The molecule has 0 spiro atoms. The highest BCUT2D eigenvalue weighted by Gasteiger charge is 2.13. The third kappa shape index (κ3) is 4.12. The lowest BCUT2D eigenvalue weighted by atomic mass is 10.2. The van der Waals surface area contributed by atoms with Gasteiger partial charge in [-0.2, -0.15) is 0 Å². The van der Waals surface area contributed by atoms with Crippen molar-refractivity contribution in [2.24, 2.45) is 0 Å². The van der Waals surface area contributed by atoms with Crippen LogP contribution >= 0.6 is 0 Å². The Labute approximate surface area is 166 Å². The van der Waals surface area contributed by atoms with E-state index in [0.29, 0.717) is 17.9 Å². The third-order valence-corrected chi connectivity index (χ3v) is 4.31. The molecular weight excluding hydrogens is 368 g/mol. The van der Waals surface area contributed by atoms with Gasteiger partial charge < -0.3 is 5.32 Å². The summed E-state index contributed by atoms with van der Waals surface area (Å²) >= 11 is 0. The summed E-state index contributed by atoms with van der Waals surface area (Å²) in [6, 6.07) is 20.3. The van der Waals surface area contributed by atoms with Crippen molar-refractivity contribution >= 4 is 11.6 Å². The van der Waals surface area contributed by atoms with Gasteiger partial charge in [0.15, 0.2) is 11.6 Å². The van der Waals surface area contributed by atoms with E-state index in [9.17, 15) is 4.79 Å². The van der Waals surface area contributed by atoms with Gasteiger partial charge in [0.25, 0.3) is 5.91 Å². The number of para-hydroxylation sites is 1. The Bertz CT molecular complexity index is 1100. The molecule has 0 fully saturated rings. The fourth-order valence-electron chi connectivity index (χ4n) is 2.84. The second-order valence-electron chi connectivity index (χ2n) is 6.21. The first kappa shape index (κ1) is 18.3. The molecule has 8 nitrogen and oxygen atoms in total. The highest BCUT2D eigenvalue weighted by atomic mass is 16.5. The van der Waals surface area contributed by atoms with Crippen molar-refractivity contribution in [2.75, 3.05) is 5.32 Å². The molecule has 0 saturated carbocycles. The summed E-state index contributed by atoms with van der Waals surface area (Å²) in [5.74, 6) is 0.797. The third-order valence-electron chi connectivity index (χ3n) is 4.31. The number of rotatable bonds is 6. The SMILES string of the molecule is O=C(NO)c1ccc(NCc2nc(-c3ccncc3)nn2-c2ccccc2)cc1. The predicted octanol–water partition coefficient (Wildman–Crippen LogP) is 3.06. The van der Waals surface area contributed by atoms with Crippen molar-refractivity contribution in [3.63, 3.8) is 0 Å². The van der Waals surface area contributed by atoms with Gasteiger partial charge in [0.2, 0.25) is 0 Å². The molecule has 0 saturated heterocycles. The Kier molecular flexibility index (Phi) is 5.26. The van der Waals surface area contributed by atoms with Crippen LogP contribution in [0.4, 0.5) is 5.69 Å². The molecule has 2 aromatic carbocycles. The monoisotopic (exact) mass is 386 g/mol. The number of anilines is 1. The minimum Gasteiger partial charge on any atom is -0.378 e. The van der Waals surface area contributed by atoms with Crippen LogP contribution in [0.5, 0.6) is 0 Å². The van der Waals surface area contributed by atoms with Crippen LogP contribution in [0.15, 0.2) is 79.1 Å². The molecule has 2 heterocycles. The molecule has 8 heteroatoms. The average Bonchev–Trinajstić information content (AvgIpc) is 3.23. The highest BCUT2D eigenvalue weighted by Crippen LogP contribution is 2.19. The van der Waals surface area contributed by atoms with Crippen LogP contribution in [0.1, 0.15) is 16.2 Å². The Morgan fingerprint density at radius 2 is 1.69 bits per heavy atom. The smallest absolute Gasteiger partial charge is 0.274 e. The van der Waals surface area contributed by atoms with E-state index in [2.05, 4.69) is 15.4 Å². The number of hydrogen-bond donors (Lipinski definition) is 3. The summed E-state index contributed by atoms with van der Waals surface area (Å²) in [6.45, 7) is 0.429. The van der Waals surface area contributed by atoms with Crippen LogP contribution in [0.3, 0.4) is 0 Å². The number of amides is 1. The second kappa shape index (κ2) is 8.32. The van der Waals surface area contributed by atoms with Gasteiger partial charge in [-0.15, -0.1) is 5.10 Å². The van der Waals surface area contributed by atoms with E-state index in [-0.39, 0.29) is 0 Å². The van der Waals surface area contributed by atoms with Crippen LogP contribution in [0, 0.1) is 0 Å². The maximum absolute atomic E-state index is 11.4. The fourth-order valence-corrected chi connectivity index (χ4v) is 2.84. The zero-order chi connectivity index (χ0) is 20.1. The molecule has 0 unspecified atom stereocenters. The summed E-state index contributed by atoms with van der Waals surface area (Å²) in [7, 11) is 0. The van der Waals surface area contributed by atoms with Gasteiger partial charge in [-0.3, -0.25) is 15.0 Å². The van der Waals surface area contributed by atoms with Gasteiger partial charge in [-0.25, -0.2) is 15.1 Å². The van der Waals surface area contributed by atoms with Crippen molar-refractivity contribution in [1.29, 1.82) is 0 Å². The molecule has 3 N–H and O–H groups in total. The van der Waals surface area contributed by atoms with Crippen LogP contribution in [-0.2, 0) is 6.54 Å². The van der Waals surface area contributed by atoms with Crippen molar-refractivity contribution in [1.82, 2.24) is 25.2 Å². The molecule has 0 radical (unpaired) electrons. The quantitative estimate of drug-likeness (QED) is 0.347. The number of benzene rings is 2. The molecular formula is C21H18N6O2. The van der Waals surface area contributed by atoms with E-state index in [4.69, 9.17) is 10.2 Å². The molecule has 0 aliphatic carbocycles. The summed E-state index contributed by atoms with van der Waals surface area (Å²) in [5.41, 5.74) is 4.59. The van der Waals surface area contributed by atoms with E-state index >= 15 is 0 Å². The van der Waals surface area contributed by atoms with Crippen molar-refractivity contribution in [3.05, 3.63) is 90.5 Å². The molecule has 4 aromatic rings. The number of hydroxylamine groups is 1. The zero-order valence-electron chi connectivity index (χ0n) is 15.4. The van der Waals surface area contributed by atoms with E-state index in [0.717, 1.165) is 22.8 Å². The van der Waals surface area contributed by atoms with Crippen LogP contribution in [0.2, 0.25) is 0 Å². The van der Waals surface area contributed by atoms with Gasteiger partial charge in [0, 0.05) is 29.2 Å². The lowest BCUT2D eigenvalue weighted by Crippen LogP contribution is -2.18. The number of aromatic nitrogens is 4. The summed E-state index contributed by atoms with van der Waals surface area (Å²) < 4.78 is 1.80. The summed E-state index contributed by atoms with van der Waals surface area (Å²) in [5, 5.41) is 16.7. The number of nitrogens with one attached hydrogen (secondary N) is 2. The second-order valence-corrected chi connectivity index (χ2v) is 6.21. The maximum Gasteiger partial charge on any atom is 0.274 e. The maximum atomic E-state index is 11.4. The van der Waals surface area contributed by atoms with Crippen molar-refractivity contribution < 1.29 is 10.0 Å². The molecule has 1 amide bonds. The van der Waals surface area contributed by atoms with Crippen LogP contribution in [-0.4, -0.2) is 30.9 Å². The van der Waals surface area contributed by atoms with E-state index < -0.39 is 5.91 Å². The Hall–Kier alpha value is -4.04. The Morgan fingerprint density at radius 1 is 0.966 bits per heavy atom. The number of pyridine rings is 1. The lowest BCUT2D eigenvalue weighted by Gasteiger charge is -2.08. The standard InChI is InChI=1S/C21H18N6O2/c28-21(26-29)16-6-8-17(9-7-16)23-14-19-24-20(15-10-12-22-13-11-15)25-27(19)18-4-2-1-3-5-18/h1-13,23,29H,14H2,(H,26,28). The van der Waals surface area contributed by atoms with Crippen LogP contribution in [0.25, 0.3) is 17.1 Å². The van der Waals surface area contributed by atoms with Gasteiger partial charge in [0.05, 0.1) is 12.2 Å². The number of carbonyl (C=O) groups excluding carboxylic acids is 1. The fraction of sp³-hybridized carbons (Fsp3) is 0.0476. The van der Waals surface area contributed by atoms with Gasteiger partial charge in [0.1, 0.15) is 0 Å². The molecule has 0 bridgehead atoms. The van der Waals surface area contributed by atoms with Crippen molar-refractivity contribution in [2.45, 2.75) is 6.54 Å². The highest BCUT2D eigenvalue weighted by molar-refractivity contribution is 5.93. The topological polar surface area (TPSA) is 105 Å². The average molecular weight is 386 g/mol. The zero-order valence-corrected chi connectivity index (χ0v) is 15.4. The first-order valence-electron chi connectivity index (χ1n) is 8.95. The Morgan fingerprint density at radius 3 is 2.38 bits per heavy atom. The largest absolute Gasteiger partial charge is 0.378 e. The molecule has 4 rings (SSSR count). The number of carbonyl (C=O) groups is 1. The minimum absolute atomic E-state index is 0.366. The molecule has 0 atom stereocenters. The summed E-state index contributed by atoms with van der Waals surface area (Å²) in [6.07, 6.45) is 3.42. The van der Waals surface area contributed by atoms with E-state index in [1.165, 1.54) is 0 Å². The predicted molar refractivity (Wildman–Crippen MR) is 108 cm³/mol. The number of hydrogen-bond acceptors (Lipinski definition) is 6. The Balaban J connectivity index is 1.60. The molecule has 0 aliphatic heterocycles. The molecule has 29 heavy (non-hydrogen) atoms. The first-order chi connectivity index (χ1) is 14.2.